The third kappa shape index (κ3) is 4.50. The number of aryl methyl sites for hydroxylation is 1. The lowest BCUT2D eigenvalue weighted by Crippen LogP contribution is -2.51. The first-order valence-electron chi connectivity index (χ1n) is 10.7. The Kier molecular flexibility index (Phi) is 6.50. The molecule has 1 amide bonds. The van der Waals surface area contributed by atoms with Crippen LogP contribution in [-0.4, -0.2) is 63.0 Å². The number of amides is 1. The number of methoxy groups -OCH3 is 1. The van der Waals surface area contributed by atoms with Gasteiger partial charge in [0, 0.05) is 39.3 Å². The number of carbonyl (C=O) groups is 1. The number of hydrogen-bond acceptors (Lipinski definition) is 5. The largest absolute Gasteiger partial charge is 0.493 e. The molecule has 0 spiro atoms. The van der Waals surface area contributed by atoms with Gasteiger partial charge in [-0.1, -0.05) is 6.07 Å². The van der Waals surface area contributed by atoms with E-state index in [-0.39, 0.29) is 18.1 Å². The summed E-state index contributed by atoms with van der Waals surface area (Å²) < 4.78 is 16.8. The van der Waals surface area contributed by atoms with Crippen molar-refractivity contribution in [1.82, 2.24) is 10.2 Å². The molecule has 1 N–H and O–H groups in total. The van der Waals surface area contributed by atoms with Crippen molar-refractivity contribution >= 4 is 5.91 Å². The monoisotopic (exact) mass is 388 g/mol. The van der Waals surface area contributed by atoms with E-state index >= 15 is 0 Å². The maximum atomic E-state index is 13.3. The predicted molar refractivity (Wildman–Crippen MR) is 107 cm³/mol. The van der Waals surface area contributed by atoms with Crippen LogP contribution < -0.4 is 10.1 Å². The smallest absolute Gasteiger partial charge is 0.253 e. The van der Waals surface area contributed by atoms with E-state index in [4.69, 9.17) is 14.2 Å². The van der Waals surface area contributed by atoms with Gasteiger partial charge in [-0.25, -0.2) is 0 Å². The molecule has 4 rings (SSSR count). The van der Waals surface area contributed by atoms with Crippen LogP contribution in [0.15, 0.2) is 18.2 Å². The summed E-state index contributed by atoms with van der Waals surface area (Å²) in [5, 5.41) is 3.29. The van der Waals surface area contributed by atoms with Crippen molar-refractivity contribution in [2.75, 3.05) is 40.0 Å². The van der Waals surface area contributed by atoms with Crippen LogP contribution in [0.2, 0.25) is 0 Å². The fourth-order valence-corrected chi connectivity index (χ4v) is 4.36. The molecule has 2 atom stereocenters. The number of ether oxygens (including phenoxy) is 3. The number of benzene rings is 1. The Morgan fingerprint density at radius 3 is 2.93 bits per heavy atom. The summed E-state index contributed by atoms with van der Waals surface area (Å²) in [7, 11) is 1.71. The highest BCUT2D eigenvalue weighted by Crippen LogP contribution is 2.42. The van der Waals surface area contributed by atoms with Crippen molar-refractivity contribution < 1.29 is 19.0 Å². The van der Waals surface area contributed by atoms with Gasteiger partial charge in [-0.05, 0) is 55.4 Å². The molecule has 1 aromatic carbocycles. The molecule has 0 aromatic heterocycles. The summed E-state index contributed by atoms with van der Waals surface area (Å²) in [6.45, 7) is 3.39. The summed E-state index contributed by atoms with van der Waals surface area (Å²) >= 11 is 0. The van der Waals surface area contributed by atoms with Gasteiger partial charge in [-0.15, -0.1) is 0 Å². The highest BCUT2D eigenvalue weighted by atomic mass is 16.5. The van der Waals surface area contributed by atoms with E-state index in [1.807, 2.05) is 0 Å². The fraction of sp³-hybridized carbons (Fsp3) is 0.682. The molecule has 154 valence electrons. The number of fused-ring (bicyclic) bond motifs is 1. The van der Waals surface area contributed by atoms with Crippen LogP contribution in [0.5, 0.6) is 5.75 Å². The van der Waals surface area contributed by atoms with Crippen molar-refractivity contribution in [3.05, 3.63) is 29.3 Å². The van der Waals surface area contributed by atoms with Crippen LogP contribution in [0.25, 0.3) is 0 Å². The van der Waals surface area contributed by atoms with Crippen molar-refractivity contribution in [1.29, 1.82) is 0 Å². The molecule has 1 saturated heterocycles. The van der Waals surface area contributed by atoms with Gasteiger partial charge in [0.05, 0.1) is 19.3 Å². The lowest BCUT2D eigenvalue weighted by atomic mass is 9.86. The van der Waals surface area contributed by atoms with Crippen LogP contribution in [0.1, 0.15) is 49.3 Å². The third-order valence-electron chi connectivity index (χ3n) is 5.90. The van der Waals surface area contributed by atoms with Crippen molar-refractivity contribution in [2.24, 2.45) is 0 Å². The summed E-state index contributed by atoms with van der Waals surface area (Å²) in [5.41, 5.74) is 2.61. The maximum absolute atomic E-state index is 13.3. The van der Waals surface area contributed by atoms with Gasteiger partial charge in [0.1, 0.15) is 11.9 Å². The lowest BCUT2D eigenvalue weighted by Gasteiger charge is -2.39. The van der Waals surface area contributed by atoms with Crippen LogP contribution in [0.3, 0.4) is 0 Å². The normalized spacial score (nSPS) is 24.5. The first-order chi connectivity index (χ1) is 13.8. The summed E-state index contributed by atoms with van der Waals surface area (Å²) in [5.74, 6) is 1.04. The average molecular weight is 389 g/mol. The SMILES string of the molecule is COCCCOc1ccc2c(c1)[C@@H](N(C(=O)[C@H]1CNCCO1)C1CC1)CCC2. The highest BCUT2D eigenvalue weighted by Gasteiger charge is 2.42. The van der Waals surface area contributed by atoms with Crippen LogP contribution in [0, 0.1) is 0 Å². The molecule has 2 aliphatic carbocycles. The first-order valence-corrected chi connectivity index (χ1v) is 10.7. The minimum Gasteiger partial charge on any atom is -0.493 e. The molecule has 0 bridgehead atoms. The summed E-state index contributed by atoms with van der Waals surface area (Å²) in [6.07, 6.45) is 5.93. The number of nitrogens with one attached hydrogen (secondary N) is 1. The molecule has 1 aliphatic heterocycles. The minimum atomic E-state index is -0.354. The van der Waals surface area contributed by atoms with E-state index in [1.54, 1.807) is 7.11 Å². The number of nitrogens with zero attached hydrogens (tertiary/aromatic N) is 1. The molecule has 1 heterocycles. The second kappa shape index (κ2) is 9.25. The second-order valence-corrected chi connectivity index (χ2v) is 8.00. The van der Waals surface area contributed by atoms with Gasteiger partial charge in [0.25, 0.3) is 5.91 Å². The molecule has 0 radical (unpaired) electrons. The van der Waals surface area contributed by atoms with Crippen molar-refractivity contribution in [3.63, 3.8) is 0 Å². The molecule has 1 aromatic rings. The van der Waals surface area contributed by atoms with E-state index in [0.717, 1.165) is 50.8 Å². The Bertz CT molecular complexity index is 671. The Balaban J connectivity index is 1.53. The Hall–Kier alpha value is -1.63. The van der Waals surface area contributed by atoms with Crippen LogP contribution in [-0.2, 0) is 20.7 Å². The zero-order valence-electron chi connectivity index (χ0n) is 16.8. The second-order valence-electron chi connectivity index (χ2n) is 8.00. The minimum absolute atomic E-state index is 0.136. The van der Waals surface area contributed by atoms with Gasteiger partial charge in [-0.2, -0.15) is 0 Å². The molecule has 2 fully saturated rings. The topological polar surface area (TPSA) is 60.0 Å². The zero-order chi connectivity index (χ0) is 19.3. The van der Waals surface area contributed by atoms with Gasteiger partial charge >= 0.3 is 0 Å². The highest BCUT2D eigenvalue weighted by molar-refractivity contribution is 5.82. The Morgan fingerprint density at radius 1 is 1.29 bits per heavy atom. The molecule has 0 unspecified atom stereocenters. The first kappa shape index (κ1) is 19.7. The molecule has 6 heteroatoms. The quantitative estimate of drug-likeness (QED) is 0.694. The zero-order valence-corrected chi connectivity index (χ0v) is 16.8. The molecule has 28 heavy (non-hydrogen) atoms. The number of rotatable bonds is 8. The molecular formula is C22H32N2O4. The van der Waals surface area contributed by atoms with E-state index in [2.05, 4.69) is 28.4 Å². The van der Waals surface area contributed by atoms with E-state index in [1.165, 1.54) is 11.1 Å². The molecule has 3 aliphatic rings. The fourth-order valence-electron chi connectivity index (χ4n) is 4.36. The standard InChI is InChI=1S/C22H32N2O4/c1-26-11-3-12-27-18-9-6-16-4-2-5-20(19(16)14-18)24(17-7-8-17)22(25)21-15-23-10-13-28-21/h6,9,14,17,20-21,23H,2-5,7-8,10-13,15H2,1H3/t20-,21+/m0/s1. The van der Waals surface area contributed by atoms with Gasteiger partial charge in [0.15, 0.2) is 0 Å². The number of hydrogen-bond donors (Lipinski definition) is 1. The Labute approximate surface area is 167 Å². The number of morpholine rings is 1. The van der Waals surface area contributed by atoms with E-state index < -0.39 is 0 Å². The number of carbonyl (C=O) groups excluding carboxylic acids is 1. The van der Waals surface area contributed by atoms with Gasteiger partial charge in [0.2, 0.25) is 0 Å². The molecular weight excluding hydrogens is 356 g/mol. The summed E-state index contributed by atoms with van der Waals surface area (Å²) in [4.78, 5) is 15.5. The molecule has 1 saturated carbocycles. The van der Waals surface area contributed by atoms with Crippen molar-refractivity contribution in [3.8, 4) is 5.75 Å². The average Bonchev–Trinajstić information content (AvgIpc) is 3.57. The predicted octanol–water partition coefficient (Wildman–Crippen LogP) is 2.46. The van der Waals surface area contributed by atoms with Gasteiger partial charge in [-0.3, -0.25) is 4.79 Å². The third-order valence-corrected chi connectivity index (χ3v) is 5.90. The van der Waals surface area contributed by atoms with Crippen LogP contribution >= 0.6 is 0 Å². The van der Waals surface area contributed by atoms with E-state index in [9.17, 15) is 4.79 Å². The van der Waals surface area contributed by atoms with E-state index in [0.29, 0.717) is 32.4 Å². The lowest BCUT2D eigenvalue weighted by molar-refractivity contribution is -0.149. The van der Waals surface area contributed by atoms with Crippen LogP contribution in [0.4, 0.5) is 0 Å². The van der Waals surface area contributed by atoms with Crippen molar-refractivity contribution in [2.45, 2.75) is 56.7 Å². The molecule has 6 nitrogen and oxygen atoms in total. The summed E-state index contributed by atoms with van der Waals surface area (Å²) in [6, 6.07) is 6.90. The maximum Gasteiger partial charge on any atom is 0.253 e. The Morgan fingerprint density at radius 2 is 2.18 bits per heavy atom. The van der Waals surface area contributed by atoms with Gasteiger partial charge < -0.3 is 24.4 Å².